The van der Waals surface area contributed by atoms with Crippen LogP contribution in [0, 0.1) is 18.8 Å². The highest BCUT2D eigenvalue weighted by Crippen LogP contribution is 2.44. The Labute approximate surface area is 281 Å². The Morgan fingerprint density at radius 1 is 0.957 bits per heavy atom. The van der Waals surface area contributed by atoms with Crippen molar-refractivity contribution in [3.63, 3.8) is 0 Å². The zero-order valence-corrected chi connectivity index (χ0v) is 28.2. The fraction of sp³-hybridized carbons (Fsp3) is 0.514. The largest absolute Gasteiger partial charge is 0.496 e. The second-order valence-electron chi connectivity index (χ2n) is 13.6. The minimum atomic E-state index is -1.22. The van der Waals surface area contributed by atoms with E-state index in [0.29, 0.717) is 50.0 Å². The van der Waals surface area contributed by atoms with Crippen LogP contribution in [-0.4, -0.2) is 54.2 Å². The number of carboxylic acid groups (broad SMARTS) is 1. The summed E-state index contributed by atoms with van der Waals surface area (Å²) in [6, 6.07) is 14.9. The molecule has 0 saturated heterocycles. The van der Waals surface area contributed by atoms with E-state index in [-0.39, 0.29) is 30.3 Å². The fourth-order valence-electron chi connectivity index (χ4n) is 7.32. The summed E-state index contributed by atoms with van der Waals surface area (Å²) in [4.78, 5) is 45.2. The van der Waals surface area contributed by atoms with Crippen molar-refractivity contribution in [1.29, 1.82) is 0 Å². The molecule has 6 rings (SSSR count). The van der Waals surface area contributed by atoms with Gasteiger partial charge >= 0.3 is 6.09 Å². The molecule has 1 heterocycles. The second kappa shape index (κ2) is 14.9. The molecule has 0 spiro atoms. The maximum absolute atomic E-state index is 14.4. The average Bonchev–Trinajstić information content (AvgIpc) is 3.82. The van der Waals surface area contributed by atoms with E-state index in [0.717, 1.165) is 47.6 Å². The number of aromatic nitrogens is 1. The van der Waals surface area contributed by atoms with Crippen molar-refractivity contribution in [2.45, 2.75) is 89.0 Å². The first kappa shape index (κ1) is 33.0. The number of carbonyl (C=O) groups is 3. The van der Waals surface area contributed by atoms with Crippen LogP contribution in [-0.2, 0) is 9.59 Å². The Bertz CT molecular complexity index is 1570. The number of hydrogen-bond donors (Lipinski definition) is 3. The van der Waals surface area contributed by atoms with E-state index in [9.17, 15) is 14.4 Å². The highest BCUT2D eigenvalue weighted by atomic mass is 32.1. The van der Waals surface area contributed by atoms with E-state index in [1.165, 1.54) is 29.0 Å². The van der Waals surface area contributed by atoms with Crippen molar-refractivity contribution in [2.75, 3.05) is 25.1 Å². The van der Waals surface area contributed by atoms with Gasteiger partial charge in [-0.15, -0.1) is 11.3 Å². The average molecular weight is 659 g/mol. The van der Waals surface area contributed by atoms with Crippen molar-refractivity contribution in [1.82, 2.24) is 15.6 Å². The summed E-state index contributed by atoms with van der Waals surface area (Å²) in [5, 5.41) is 15.0. The van der Waals surface area contributed by atoms with Gasteiger partial charge in [0.05, 0.1) is 23.5 Å². The third-order valence-corrected chi connectivity index (χ3v) is 11.4. The van der Waals surface area contributed by atoms with Crippen LogP contribution in [0.3, 0.4) is 0 Å². The molecule has 3 aliphatic rings. The lowest BCUT2D eigenvalue weighted by atomic mass is 9.78. The van der Waals surface area contributed by atoms with E-state index in [2.05, 4.69) is 64.9 Å². The predicted molar refractivity (Wildman–Crippen MR) is 184 cm³/mol. The van der Waals surface area contributed by atoms with Gasteiger partial charge in [-0.1, -0.05) is 24.3 Å². The number of anilines is 1. The maximum Gasteiger partial charge on any atom is 0.405 e. The minimum Gasteiger partial charge on any atom is -0.496 e. The van der Waals surface area contributed by atoms with Crippen LogP contribution in [0.2, 0.25) is 0 Å². The number of methoxy groups -OCH3 is 1. The van der Waals surface area contributed by atoms with Crippen LogP contribution < -0.4 is 20.3 Å². The van der Waals surface area contributed by atoms with E-state index >= 15 is 0 Å². The number of benzene rings is 2. The summed E-state index contributed by atoms with van der Waals surface area (Å²) < 4.78 is 5.47. The molecule has 3 N–H and O–H groups in total. The number of hydrogen-bond acceptors (Lipinski definition) is 6. The molecule has 0 bridgehead atoms. The number of amides is 3. The lowest BCUT2D eigenvalue weighted by molar-refractivity contribution is -0.123. The first-order valence-corrected chi connectivity index (χ1v) is 17.9. The van der Waals surface area contributed by atoms with E-state index in [4.69, 9.17) is 14.8 Å². The molecular formula is C37H46N4O5S. The molecule has 250 valence electrons. The van der Waals surface area contributed by atoms with Crippen LogP contribution >= 0.6 is 11.3 Å². The molecule has 47 heavy (non-hydrogen) atoms. The van der Waals surface area contributed by atoms with Gasteiger partial charge < -0.3 is 25.4 Å². The number of ether oxygens (including phenoxy) is 1. The first-order chi connectivity index (χ1) is 22.8. The maximum atomic E-state index is 14.4. The lowest BCUT2D eigenvalue weighted by Gasteiger charge is -2.36. The summed E-state index contributed by atoms with van der Waals surface area (Å²) >= 11 is 1.77. The SMILES string of the molecule is COc1ccc([C@H]2CC[C@H](CN(c3cccc(-c4cnc(C5CC5)s4)c3)C(=O)[C@H]3CC[C@H](NC(=O)CNC(=O)O)CC3)CC2)cc1C. The van der Waals surface area contributed by atoms with Gasteiger partial charge in [0.25, 0.3) is 0 Å². The molecule has 0 aliphatic heterocycles. The third kappa shape index (κ3) is 8.33. The van der Waals surface area contributed by atoms with Gasteiger partial charge in [-0.05, 0) is 118 Å². The Morgan fingerprint density at radius 3 is 2.38 bits per heavy atom. The van der Waals surface area contributed by atoms with Gasteiger partial charge in [0.2, 0.25) is 11.8 Å². The normalized spacial score (nSPS) is 22.7. The molecule has 3 saturated carbocycles. The monoisotopic (exact) mass is 658 g/mol. The molecular weight excluding hydrogens is 612 g/mol. The van der Waals surface area contributed by atoms with Crippen molar-refractivity contribution in [3.8, 4) is 16.2 Å². The Morgan fingerprint density at radius 2 is 1.70 bits per heavy atom. The lowest BCUT2D eigenvalue weighted by Crippen LogP contribution is -2.46. The number of carbonyl (C=O) groups excluding carboxylic acids is 2. The van der Waals surface area contributed by atoms with Crippen LogP contribution in [0.5, 0.6) is 5.75 Å². The summed E-state index contributed by atoms with van der Waals surface area (Å²) in [7, 11) is 1.71. The number of rotatable bonds is 11. The number of nitrogens with one attached hydrogen (secondary N) is 2. The zero-order valence-electron chi connectivity index (χ0n) is 27.4. The molecule has 0 radical (unpaired) electrons. The number of aryl methyl sites for hydroxylation is 1. The molecule has 3 aliphatic carbocycles. The molecule has 10 heteroatoms. The molecule has 0 unspecified atom stereocenters. The first-order valence-electron chi connectivity index (χ1n) is 17.1. The molecule has 2 aromatic carbocycles. The van der Waals surface area contributed by atoms with Crippen molar-refractivity contribution in [3.05, 3.63) is 64.8 Å². The molecule has 3 aromatic rings. The van der Waals surface area contributed by atoms with Crippen LogP contribution in [0.4, 0.5) is 10.5 Å². The topological polar surface area (TPSA) is 121 Å². The smallest absolute Gasteiger partial charge is 0.405 e. The summed E-state index contributed by atoms with van der Waals surface area (Å²) in [5.74, 6) is 2.18. The molecule has 3 fully saturated rings. The van der Waals surface area contributed by atoms with E-state index < -0.39 is 6.09 Å². The zero-order chi connectivity index (χ0) is 32.9. The predicted octanol–water partition coefficient (Wildman–Crippen LogP) is 7.25. The van der Waals surface area contributed by atoms with Gasteiger partial charge in [0, 0.05) is 36.3 Å². The van der Waals surface area contributed by atoms with Crippen LogP contribution in [0.25, 0.3) is 10.4 Å². The summed E-state index contributed by atoms with van der Waals surface area (Å²) in [6.07, 6.45) is 10.3. The highest BCUT2D eigenvalue weighted by molar-refractivity contribution is 7.15. The Balaban J connectivity index is 1.14. The molecule has 9 nitrogen and oxygen atoms in total. The highest BCUT2D eigenvalue weighted by Gasteiger charge is 2.33. The summed E-state index contributed by atoms with van der Waals surface area (Å²) in [6.45, 7) is 2.54. The fourth-order valence-corrected chi connectivity index (χ4v) is 8.40. The van der Waals surface area contributed by atoms with Gasteiger partial charge in [-0.25, -0.2) is 9.78 Å². The second-order valence-corrected chi connectivity index (χ2v) is 14.6. The van der Waals surface area contributed by atoms with Gasteiger partial charge in [0.1, 0.15) is 5.75 Å². The Hall–Kier alpha value is -3.92. The van der Waals surface area contributed by atoms with Gasteiger partial charge in [-0.3, -0.25) is 9.59 Å². The van der Waals surface area contributed by atoms with Crippen molar-refractivity contribution in [2.24, 2.45) is 11.8 Å². The number of thiazole rings is 1. The molecule has 3 amide bonds. The van der Waals surface area contributed by atoms with Gasteiger partial charge in [-0.2, -0.15) is 0 Å². The van der Waals surface area contributed by atoms with Gasteiger partial charge in [0.15, 0.2) is 0 Å². The van der Waals surface area contributed by atoms with Crippen molar-refractivity contribution < 1.29 is 24.2 Å². The van der Waals surface area contributed by atoms with Crippen molar-refractivity contribution >= 4 is 34.9 Å². The number of nitrogens with zero attached hydrogens (tertiary/aromatic N) is 2. The van der Waals surface area contributed by atoms with E-state index in [1.807, 2.05) is 6.20 Å². The molecule has 0 atom stereocenters. The van der Waals surface area contributed by atoms with Crippen LogP contribution in [0.1, 0.15) is 92.2 Å². The minimum absolute atomic E-state index is 0.0530. The summed E-state index contributed by atoms with van der Waals surface area (Å²) in [5.41, 5.74) is 4.59. The van der Waals surface area contributed by atoms with Crippen LogP contribution in [0.15, 0.2) is 48.7 Å². The quantitative estimate of drug-likeness (QED) is 0.200. The molecule has 1 aromatic heterocycles. The van der Waals surface area contributed by atoms with E-state index in [1.54, 1.807) is 18.4 Å². The standard InChI is InChI=1S/C37H46N4O5S/c1-23-18-28(14-17-32(23)46-2)25-8-6-24(7-9-25)22-41(31-5-3-4-29(19-31)33-20-38-35(47-33)26-10-11-26)36(43)27-12-15-30(16-13-27)40-34(42)21-39-37(44)45/h3-5,14,17-20,24-27,30,39H,6-13,15-16,21-22H2,1-2H3,(H,40,42)(H,44,45)/t24-,25-,27-,30-. The third-order valence-electron chi connectivity index (χ3n) is 10.2. The Kier molecular flexibility index (Phi) is 10.4.